The van der Waals surface area contributed by atoms with Crippen LogP contribution in [0.4, 0.5) is 5.69 Å². The smallest absolute Gasteiger partial charge is 0.170 e. The molecule has 0 aromatic heterocycles. The fraction of sp³-hybridized carbons (Fsp3) is 0.462. The van der Waals surface area contributed by atoms with E-state index in [1.165, 1.54) is 0 Å². The van der Waals surface area contributed by atoms with Crippen molar-refractivity contribution in [2.24, 2.45) is 10.9 Å². The first-order chi connectivity index (χ1) is 8.63. The predicted octanol–water partition coefficient (Wildman–Crippen LogP) is 1.64. The van der Waals surface area contributed by atoms with E-state index in [1.54, 1.807) is 7.11 Å². The van der Waals surface area contributed by atoms with Gasteiger partial charge >= 0.3 is 0 Å². The van der Waals surface area contributed by atoms with Gasteiger partial charge in [0.2, 0.25) is 0 Å². The Kier molecular flexibility index (Phi) is 5.45. The summed E-state index contributed by atoms with van der Waals surface area (Å²) in [6.45, 7) is 5.79. The van der Waals surface area contributed by atoms with Crippen molar-refractivity contribution in [1.29, 1.82) is 0 Å². The SMILES string of the molecule is CCN(c1ccc(/C(N)=N/O)cc1)C(C)COC. The molecule has 18 heavy (non-hydrogen) atoms. The molecule has 3 N–H and O–H groups in total. The lowest BCUT2D eigenvalue weighted by atomic mass is 10.1. The van der Waals surface area contributed by atoms with Crippen molar-refractivity contribution in [3.63, 3.8) is 0 Å². The number of oxime groups is 1. The van der Waals surface area contributed by atoms with E-state index >= 15 is 0 Å². The Balaban J connectivity index is 2.88. The highest BCUT2D eigenvalue weighted by Crippen LogP contribution is 2.18. The molecule has 1 rings (SSSR count). The van der Waals surface area contributed by atoms with Crippen molar-refractivity contribution >= 4 is 11.5 Å². The summed E-state index contributed by atoms with van der Waals surface area (Å²) in [5.74, 6) is 0.120. The van der Waals surface area contributed by atoms with E-state index in [9.17, 15) is 0 Å². The molecular weight excluding hydrogens is 230 g/mol. The predicted molar refractivity (Wildman–Crippen MR) is 73.3 cm³/mol. The third-order valence-electron chi connectivity index (χ3n) is 2.88. The number of ether oxygens (including phenoxy) is 1. The molecule has 5 nitrogen and oxygen atoms in total. The molecule has 0 heterocycles. The monoisotopic (exact) mass is 251 g/mol. The van der Waals surface area contributed by atoms with Crippen molar-refractivity contribution in [2.75, 3.05) is 25.2 Å². The van der Waals surface area contributed by atoms with Crippen molar-refractivity contribution in [3.05, 3.63) is 29.8 Å². The average Bonchev–Trinajstić information content (AvgIpc) is 2.40. The molecule has 5 heteroatoms. The summed E-state index contributed by atoms with van der Waals surface area (Å²) in [7, 11) is 1.70. The number of nitrogens with two attached hydrogens (primary N) is 1. The zero-order valence-corrected chi connectivity index (χ0v) is 11.1. The van der Waals surface area contributed by atoms with Crippen LogP contribution in [0.15, 0.2) is 29.4 Å². The summed E-state index contributed by atoms with van der Waals surface area (Å²) in [6, 6.07) is 7.90. The Morgan fingerprint density at radius 1 is 1.44 bits per heavy atom. The standard InChI is InChI=1S/C13H21N3O2/c1-4-16(10(2)9-18-3)12-7-5-11(6-8-12)13(14)15-17/h5-8,10,17H,4,9H2,1-3H3,(H2,14,15). The van der Waals surface area contributed by atoms with Crippen molar-refractivity contribution in [3.8, 4) is 0 Å². The topological polar surface area (TPSA) is 71.1 Å². The van der Waals surface area contributed by atoms with E-state index in [0.717, 1.165) is 12.2 Å². The Morgan fingerprint density at radius 2 is 2.06 bits per heavy atom. The summed E-state index contributed by atoms with van der Waals surface area (Å²) in [6.07, 6.45) is 0. The molecule has 0 saturated heterocycles. The van der Waals surface area contributed by atoms with Crippen molar-refractivity contribution in [1.82, 2.24) is 0 Å². The Hall–Kier alpha value is -1.75. The minimum atomic E-state index is 0.120. The van der Waals surface area contributed by atoms with Gasteiger partial charge in [0.05, 0.1) is 6.61 Å². The second-order valence-electron chi connectivity index (χ2n) is 4.12. The van der Waals surface area contributed by atoms with Crippen LogP contribution >= 0.6 is 0 Å². The van der Waals surface area contributed by atoms with Crippen LogP contribution in [0.5, 0.6) is 0 Å². The minimum Gasteiger partial charge on any atom is -0.409 e. The molecule has 0 spiro atoms. The lowest BCUT2D eigenvalue weighted by Gasteiger charge is -2.29. The van der Waals surface area contributed by atoms with Gasteiger partial charge < -0.3 is 20.6 Å². The van der Waals surface area contributed by atoms with E-state index in [2.05, 4.69) is 23.9 Å². The van der Waals surface area contributed by atoms with Crippen molar-refractivity contribution < 1.29 is 9.94 Å². The van der Waals surface area contributed by atoms with Gasteiger partial charge in [-0.2, -0.15) is 0 Å². The van der Waals surface area contributed by atoms with Gasteiger partial charge in [0.1, 0.15) is 0 Å². The Labute approximate surface area is 108 Å². The highest BCUT2D eigenvalue weighted by Gasteiger charge is 2.12. The van der Waals surface area contributed by atoms with Crippen LogP contribution in [-0.4, -0.2) is 37.3 Å². The second-order valence-corrected chi connectivity index (χ2v) is 4.12. The molecule has 0 saturated carbocycles. The van der Waals surface area contributed by atoms with Crippen LogP contribution in [0.25, 0.3) is 0 Å². The molecule has 0 aliphatic carbocycles. The molecule has 1 aromatic rings. The van der Waals surface area contributed by atoms with E-state index in [4.69, 9.17) is 15.7 Å². The third-order valence-corrected chi connectivity index (χ3v) is 2.88. The van der Waals surface area contributed by atoms with E-state index in [0.29, 0.717) is 18.2 Å². The lowest BCUT2D eigenvalue weighted by molar-refractivity contribution is 0.182. The van der Waals surface area contributed by atoms with Gasteiger partial charge in [0.15, 0.2) is 5.84 Å². The molecule has 100 valence electrons. The first-order valence-electron chi connectivity index (χ1n) is 5.97. The van der Waals surface area contributed by atoms with E-state index in [-0.39, 0.29) is 5.84 Å². The summed E-state index contributed by atoms with van der Waals surface area (Å²) in [5.41, 5.74) is 7.33. The first-order valence-corrected chi connectivity index (χ1v) is 5.97. The number of hydrogen-bond acceptors (Lipinski definition) is 4. The van der Waals surface area contributed by atoms with Gasteiger partial charge in [-0.15, -0.1) is 0 Å². The van der Waals surface area contributed by atoms with Gasteiger partial charge in [-0.3, -0.25) is 0 Å². The molecule has 0 fully saturated rings. The molecule has 1 aromatic carbocycles. The van der Waals surface area contributed by atoms with E-state index < -0.39 is 0 Å². The number of anilines is 1. The van der Waals surface area contributed by atoms with Gasteiger partial charge in [0, 0.05) is 30.9 Å². The maximum Gasteiger partial charge on any atom is 0.170 e. The minimum absolute atomic E-state index is 0.120. The van der Waals surface area contributed by atoms with Crippen LogP contribution in [0.2, 0.25) is 0 Å². The maximum absolute atomic E-state index is 8.61. The molecule has 0 amide bonds. The van der Waals surface area contributed by atoms with Gasteiger partial charge in [-0.1, -0.05) is 5.16 Å². The average molecular weight is 251 g/mol. The van der Waals surface area contributed by atoms with Crippen LogP contribution in [0.3, 0.4) is 0 Å². The number of rotatable bonds is 6. The van der Waals surface area contributed by atoms with Gasteiger partial charge in [-0.25, -0.2) is 0 Å². The molecule has 0 aliphatic heterocycles. The zero-order valence-electron chi connectivity index (χ0n) is 11.1. The number of amidine groups is 1. The van der Waals surface area contributed by atoms with Crippen LogP contribution in [0.1, 0.15) is 19.4 Å². The molecule has 0 bridgehead atoms. The number of hydrogen-bond donors (Lipinski definition) is 2. The third kappa shape index (κ3) is 3.37. The Bertz CT molecular complexity index is 390. The number of nitrogens with zero attached hydrogens (tertiary/aromatic N) is 2. The zero-order chi connectivity index (χ0) is 13.5. The molecule has 1 atom stereocenters. The van der Waals surface area contributed by atoms with E-state index in [1.807, 2.05) is 24.3 Å². The number of methoxy groups -OCH3 is 1. The molecule has 0 radical (unpaired) electrons. The largest absolute Gasteiger partial charge is 0.409 e. The summed E-state index contributed by atoms with van der Waals surface area (Å²) in [5, 5.41) is 11.6. The molecule has 1 unspecified atom stereocenters. The normalized spacial score (nSPS) is 13.4. The highest BCUT2D eigenvalue weighted by molar-refractivity contribution is 5.97. The van der Waals surface area contributed by atoms with Crippen LogP contribution in [0, 0.1) is 0 Å². The van der Waals surface area contributed by atoms with Gasteiger partial charge in [0.25, 0.3) is 0 Å². The van der Waals surface area contributed by atoms with Gasteiger partial charge in [-0.05, 0) is 38.1 Å². The summed E-state index contributed by atoms with van der Waals surface area (Å²) < 4.78 is 5.17. The first kappa shape index (κ1) is 14.3. The summed E-state index contributed by atoms with van der Waals surface area (Å²) >= 11 is 0. The van der Waals surface area contributed by atoms with Crippen molar-refractivity contribution in [2.45, 2.75) is 19.9 Å². The Morgan fingerprint density at radius 3 is 2.50 bits per heavy atom. The maximum atomic E-state index is 8.61. The number of benzene rings is 1. The number of likely N-dealkylation sites (N-methyl/N-ethyl adjacent to an activating group) is 1. The highest BCUT2D eigenvalue weighted by atomic mass is 16.5. The quantitative estimate of drug-likeness (QED) is 0.349. The van der Waals surface area contributed by atoms with Crippen LogP contribution in [-0.2, 0) is 4.74 Å². The summed E-state index contributed by atoms with van der Waals surface area (Å²) in [4.78, 5) is 2.24. The lowest BCUT2D eigenvalue weighted by Crippen LogP contribution is -2.36. The fourth-order valence-corrected chi connectivity index (χ4v) is 1.96. The van der Waals surface area contributed by atoms with Crippen LogP contribution < -0.4 is 10.6 Å². The molecular formula is C13H21N3O2. The fourth-order valence-electron chi connectivity index (χ4n) is 1.96. The second kappa shape index (κ2) is 6.86. The molecule has 0 aliphatic rings.